The fraction of sp³-hybridized carbons (Fsp3) is 0.0714. The molecule has 110 valence electrons. The summed E-state index contributed by atoms with van der Waals surface area (Å²) in [5.41, 5.74) is 0.897. The Balaban J connectivity index is 1.98. The number of hydrogen-bond acceptors (Lipinski definition) is 4. The SMILES string of the molecule is N#Cc1ccc(-c2csc(-n3nccc3C(F)(F)F)n2)cc1. The van der Waals surface area contributed by atoms with Crippen LogP contribution in [0.5, 0.6) is 0 Å². The van der Waals surface area contributed by atoms with Crippen LogP contribution < -0.4 is 0 Å². The van der Waals surface area contributed by atoms with E-state index in [-0.39, 0.29) is 5.13 Å². The minimum absolute atomic E-state index is 0.136. The van der Waals surface area contributed by atoms with Crippen LogP contribution in [-0.4, -0.2) is 14.8 Å². The van der Waals surface area contributed by atoms with E-state index in [1.807, 2.05) is 6.07 Å². The summed E-state index contributed by atoms with van der Waals surface area (Å²) in [5.74, 6) is 0. The molecular weight excluding hydrogens is 313 g/mol. The predicted octanol–water partition coefficient (Wildman–Crippen LogP) is 3.89. The lowest BCUT2D eigenvalue weighted by Crippen LogP contribution is -2.13. The zero-order chi connectivity index (χ0) is 15.7. The summed E-state index contributed by atoms with van der Waals surface area (Å²) in [6, 6.07) is 9.56. The van der Waals surface area contributed by atoms with Crippen molar-refractivity contribution >= 4 is 11.3 Å². The Kier molecular flexibility index (Phi) is 3.42. The van der Waals surface area contributed by atoms with Gasteiger partial charge in [-0.05, 0) is 18.2 Å². The lowest BCUT2D eigenvalue weighted by Gasteiger charge is -2.07. The molecule has 8 heteroatoms. The highest BCUT2D eigenvalue weighted by Crippen LogP contribution is 2.32. The molecule has 0 spiro atoms. The largest absolute Gasteiger partial charge is 0.433 e. The van der Waals surface area contributed by atoms with Gasteiger partial charge in [-0.15, -0.1) is 11.3 Å². The minimum Gasteiger partial charge on any atom is -0.218 e. The van der Waals surface area contributed by atoms with E-state index in [1.54, 1.807) is 29.6 Å². The third kappa shape index (κ3) is 2.58. The van der Waals surface area contributed by atoms with E-state index < -0.39 is 11.9 Å². The molecule has 0 aliphatic heterocycles. The molecule has 0 unspecified atom stereocenters. The van der Waals surface area contributed by atoms with Gasteiger partial charge in [-0.2, -0.15) is 23.5 Å². The number of nitriles is 1. The number of aromatic nitrogens is 3. The summed E-state index contributed by atoms with van der Waals surface area (Å²) in [7, 11) is 0. The Hall–Kier alpha value is -2.66. The van der Waals surface area contributed by atoms with E-state index in [4.69, 9.17) is 5.26 Å². The maximum absolute atomic E-state index is 12.9. The molecule has 22 heavy (non-hydrogen) atoms. The number of benzene rings is 1. The van der Waals surface area contributed by atoms with Gasteiger partial charge in [0, 0.05) is 10.9 Å². The first-order valence-electron chi connectivity index (χ1n) is 6.07. The standard InChI is InChI=1S/C14H7F3N4S/c15-14(16,17)12-5-6-19-21(12)13-20-11(8-22-13)10-3-1-9(7-18)2-4-10/h1-6,8H. The van der Waals surface area contributed by atoms with E-state index in [2.05, 4.69) is 10.1 Å². The van der Waals surface area contributed by atoms with Crippen molar-refractivity contribution < 1.29 is 13.2 Å². The highest BCUT2D eigenvalue weighted by atomic mass is 32.1. The van der Waals surface area contributed by atoms with Crippen LogP contribution in [0.25, 0.3) is 16.4 Å². The molecule has 0 aliphatic rings. The molecule has 2 heterocycles. The lowest BCUT2D eigenvalue weighted by molar-refractivity contribution is -0.142. The number of alkyl halides is 3. The van der Waals surface area contributed by atoms with Gasteiger partial charge in [0.25, 0.3) is 0 Å². The Morgan fingerprint density at radius 2 is 1.86 bits per heavy atom. The molecule has 4 nitrogen and oxygen atoms in total. The van der Waals surface area contributed by atoms with Crippen LogP contribution in [0.4, 0.5) is 13.2 Å². The van der Waals surface area contributed by atoms with Crippen LogP contribution in [0.1, 0.15) is 11.3 Å². The molecule has 0 amide bonds. The van der Waals surface area contributed by atoms with Crippen molar-refractivity contribution in [1.82, 2.24) is 14.8 Å². The van der Waals surface area contributed by atoms with Crippen LogP contribution in [0.15, 0.2) is 41.9 Å². The molecule has 3 aromatic rings. The normalized spacial score (nSPS) is 11.4. The van der Waals surface area contributed by atoms with Crippen molar-refractivity contribution in [2.75, 3.05) is 0 Å². The topological polar surface area (TPSA) is 54.5 Å². The second-order valence-electron chi connectivity index (χ2n) is 4.33. The first-order valence-corrected chi connectivity index (χ1v) is 6.94. The van der Waals surface area contributed by atoms with E-state index >= 15 is 0 Å². The monoisotopic (exact) mass is 320 g/mol. The zero-order valence-corrected chi connectivity index (χ0v) is 11.7. The highest BCUT2D eigenvalue weighted by molar-refractivity contribution is 7.12. The Labute approximate surface area is 127 Å². The summed E-state index contributed by atoms with van der Waals surface area (Å²) >= 11 is 1.07. The predicted molar refractivity (Wildman–Crippen MR) is 74.4 cm³/mol. The van der Waals surface area contributed by atoms with Gasteiger partial charge < -0.3 is 0 Å². The molecule has 2 aromatic heterocycles. The van der Waals surface area contributed by atoms with E-state index in [9.17, 15) is 13.2 Å². The molecule has 0 bridgehead atoms. The van der Waals surface area contributed by atoms with Crippen molar-refractivity contribution in [2.45, 2.75) is 6.18 Å². The quantitative estimate of drug-likeness (QED) is 0.720. The van der Waals surface area contributed by atoms with Gasteiger partial charge in [0.05, 0.1) is 23.5 Å². The molecular formula is C14H7F3N4S. The van der Waals surface area contributed by atoms with E-state index in [1.165, 1.54) is 0 Å². The van der Waals surface area contributed by atoms with Crippen LogP contribution in [-0.2, 0) is 6.18 Å². The van der Waals surface area contributed by atoms with Gasteiger partial charge in [-0.1, -0.05) is 12.1 Å². The van der Waals surface area contributed by atoms with Crippen molar-refractivity contribution in [3.05, 3.63) is 53.2 Å². The summed E-state index contributed by atoms with van der Waals surface area (Å²) in [6.07, 6.45) is -3.40. The van der Waals surface area contributed by atoms with Crippen molar-refractivity contribution in [3.8, 4) is 22.5 Å². The van der Waals surface area contributed by atoms with E-state index in [0.717, 1.165) is 33.8 Å². The minimum atomic E-state index is -4.49. The van der Waals surface area contributed by atoms with Gasteiger partial charge >= 0.3 is 6.18 Å². The van der Waals surface area contributed by atoms with Crippen LogP contribution in [0.2, 0.25) is 0 Å². The van der Waals surface area contributed by atoms with Crippen LogP contribution in [0, 0.1) is 11.3 Å². The summed E-state index contributed by atoms with van der Waals surface area (Å²) in [5, 5.41) is 14.2. The van der Waals surface area contributed by atoms with Gasteiger partial charge in [0.1, 0.15) is 0 Å². The molecule has 0 radical (unpaired) electrons. The van der Waals surface area contributed by atoms with Crippen LogP contribution in [0.3, 0.4) is 0 Å². The molecule has 0 aliphatic carbocycles. The highest BCUT2D eigenvalue weighted by Gasteiger charge is 2.35. The maximum atomic E-state index is 12.9. The smallest absolute Gasteiger partial charge is 0.218 e. The molecule has 1 aromatic carbocycles. The number of halogens is 3. The maximum Gasteiger partial charge on any atom is 0.433 e. The molecule has 0 fully saturated rings. The fourth-order valence-corrected chi connectivity index (χ4v) is 2.68. The summed E-state index contributed by atoms with van der Waals surface area (Å²) in [6.45, 7) is 0. The van der Waals surface area contributed by atoms with Gasteiger partial charge in [-0.25, -0.2) is 9.67 Å². The van der Waals surface area contributed by atoms with Gasteiger partial charge in [0.2, 0.25) is 5.13 Å². The Morgan fingerprint density at radius 3 is 2.50 bits per heavy atom. The Morgan fingerprint density at radius 1 is 1.14 bits per heavy atom. The van der Waals surface area contributed by atoms with Crippen LogP contribution >= 0.6 is 11.3 Å². The molecule has 0 atom stereocenters. The van der Waals surface area contributed by atoms with Crippen molar-refractivity contribution in [3.63, 3.8) is 0 Å². The van der Waals surface area contributed by atoms with Crippen molar-refractivity contribution in [2.24, 2.45) is 0 Å². The van der Waals surface area contributed by atoms with Gasteiger partial charge in [-0.3, -0.25) is 0 Å². The third-order valence-electron chi connectivity index (χ3n) is 2.92. The zero-order valence-electron chi connectivity index (χ0n) is 10.9. The van der Waals surface area contributed by atoms with Gasteiger partial charge in [0.15, 0.2) is 5.69 Å². The Bertz CT molecular complexity index is 840. The fourth-order valence-electron chi connectivity index (χ4n) is 1.88. The second-order valence-corrected chi connectivity index (χ2v) is 5.17. The molecule has 0 saturated heterocycles. The first kappa shape index (κ1) is 14.3. The summed E-state index contributed by atoms with van der Waals surface area (Å²) < 4.78 is 39.4. The number of nitrogens with zero attached hydrogens (tertiary/aromatic N) is 4. The average Bonchev–Trinajstić information content (AvgIpc) is 3.15. The summed E-state index contributed by atoms with van der Waals surface area (Å²) in [4.78, 5) is 4.19. The first-order chi connectivity index (χ1) is 10.5. The lowest BCUT2D eigenvalue weighted by atomic mass is 10.1. The average molecular weight is 320 g/mol. The number of rotatable bonds is 2. The second kappa shape index (κ2) is 5.27. The number of hydrogen-bond donors (Lipinski definition) is 0. The molecule has 3 rings (SSSR count). The molecule has 0 N–H and O–H groups in total. The van der Waals surface area contributed by atoms with Crippen molar-refractivity contribution in [1.29, 1.82) is 5.26 Å². The third-order valence-corrected chi connectivity index (χ3v) is 3.73. The van der Waals surface area contributed by atoms with E-state index in [0.29, 0.717) is 11.3 Å². The molecule has 0 saturated carbocycles. The number of thiazole rings is 1.